The number of anilines is 1. The second-order valence-electron chi connectivity index (χ2n) is 7.12. The van der Waals surface area contributed by atoms with Crippen LogP contribution in [-0.4, -0.2) is 42.4 Å². The quantitative estimate of drug-likeness (QED) is 0.801. The molecule has 0 spiro atoms. The number of nitrogens with one attached hydrogen (secondary N) is 2. The fraction of sp³-hybridized carbons (Fsp3) is 0.286. The van der Waals surface area contributed by atoms with Crippen LogP contribution in [0, 0.1) is 5.92 Å². The van der Waals surface area contributed by atoms with E-state index >= 15 is 0 Å². The second-order valence-corrected chi connectivity index (χ2v) is 7.12. The lowest BCUT2D eigenvalue weighted by atomic mass is 9.96. The first kappa shape index (κ1) is 17.4. The number of imide groups is 1. The molecule has 6 heteroatoms. The molecular weight excluding hydrogens is 342 g/mol. The Morgan fingerprint density at radius 3 is 2.07 bits per heavy atom. The van der Waals surface area contributed by atoms with E-state index in [1.165, 1.54) is 4.90 Å². The lowest BCUT2D eigenvalue weighted by Crippen LogP contribution is -3.14. The fourth-order valence-electron chi connectivity index (χ4n) is 3.82. The van der Waals surface area contributed by atoms with Crippen LogP contribution in [0.4, 0.5) is 5.69 Å². The molecule has 0 atom stereocenters. The van der Waals surface area contributed by atoms with Crippen molar-refractivity contribution in [3.05, 3.63) is 65.7 Å². The number of hydrogen-bond donors (Lipinski definition) is 2. The third-order valence-corrected chi connectivity index (χ3v) is 5.36. The summed E-state index contributed by atoms with van der Waals surface area (Å²) in [6, 6.07) is 16.4. The molecule has 6 nitrogen and oxygen atoms in total. The maximum Gasteiger partial charge on any atom is 0.265 e. The number of para-hydroxylation sites is 1. The molecule has 2 aromatic carbocycles. The van der Waals surface area contributed by atoms with E-state index in [1.807, 2.05) is 30.3 Å². The van der Waals surface area contributed by atoms with Gasteiger partial charge in [-0.2, -0.15) is 0 Å². The van der Waals surface area contributed by atoms with Gasteiger partial charge in [0.1, 0.15) is 0 Å². The van der Waals surface area contributed by atoms with Crippen molar-refractivity contribution in [2.24, 2.45) is 5.92 Å². The molecule has 2 aromatic rings. The summed E-state index contributed by atoms with van der Waals surface area (Å²) in [5.41, 5.74) is 1.78. The Kier molecular flexibility index (Phi) is 4.73. The highest BCUT2D eigenvalue weighted by molar-refractivity contribution is 6.21. The predicted molar refractivity (Wildman–Crippen MR) is 100 cm³/mol. The smallest absolute Gasteiger partial charge is 0.265 e. The molecule has 0 aromatic heterocycles. The Balaban J connectivity index is 1.32. The van der Waals surface area contributed by atoms with Gasteiger partial charge in [0.05, 0.1) is 24.2 Å². The van der Waals surface area contributed by atoms with E-state index < -0.39 is 0 Å². The summed E-state index contributed by atoms with van der Waals surface area (Å²) in [4.78, 5) is 39.9. The van der Waals surface area contributed by atoms with Crippen LogP contribution >= 0.6 is 0 Å². The molecule has 1 fully saturated rings. The molecule has 138 valence electrons. The summed E-state index contributed by atoms with van der Waals surface area (Å²) in [7, 11) is 0. The maximum atomic E-state index is 12.5. The van der Waals surface area contributed by atoms with Gasteiger partial charge in [-0.15, -0.1) is 0 Å². The van der Waals surface area contributed by atoms with Crippen LogP contribution in [0.25, 0.3) is 0 Å². The Bertz CT molecular complexity index is 838. The Labute approximate surface area is 157 Å². The molecular formula is C21H22N3O3+. The van der Waals surface area contributed by atoms with Gasteiger partial charge in [-0.3, -0.25) is 14.4 Å². The number of quaternary nitrogens is 1. The molecule has 0 bridgehead atoms. The zero-order valence-corrected chi connectivity index (χ0v) is 15.0. The van der Waals surface area contributed by atoms with Crippen molar-refractivity contribution >= 4 is 23.4 Å². The Morgan fingerprint density at radius 1 is 0.926 bits per heavy atom. The average molecular weight is 364 g/mol. The molecule has 2 aliphatic rings. The van der Waals surface area contributed by atoms with Gasteiger partial charge >= 0.3 is 0 Å². The van der Waals surface area contributed by atoms with Crippen LogP contribution < -0.4 is 10.2 Å². The maximum absolute atomic E-state index is 12.5. The number of rotatable bonds is 4. The molecule has 4 rings (SSSR count). The molecule has 27 heavy (non-hydrogen) atoms. The van der Waals surface area contributed by atoms with E-state index in [9.17, 15) is 14.4 Å². The van der Waals surface area contributed by atoms with E-state index in [2.05, 4.69) is 5.32 Å². The zero-order valence-electron chi connectivity index (χ0n) is 15.0. The van der Waals surface area contributed by atoms with Gasteiger partial charge in [-0.1, -0.05) is 30.3 Å². The normalized spacial score (nSPS) is 21.9. The highest BCUT2D eigenvalue weighted by Gasteiger charge is 2.38. The second kappa shape index (κ2) is 7.32. The van der Waals surface area contributed by atoms with Crippen molar-refractivity contribution in [2.45, 2.75) is 12.8 Å². The van der Waals surface area contributed by atoms with Gasteiger partial charge in [0, 0.05) is 24.4 Å². The van der Waals surface area contributed by atoms with Gasteiger partial charge in [-0.25, -0.2) is 4.90 Å². The number of hydrogen-bond acceptors (Lipinski definition) is 3. The monoisotopic (exact) mass is 364 g/mol. The molecule has 2 aliphatic heterocycles. The van der Waals surface area contributed by atoms with Crippen molar-refractivity contribution < 1.29 is 19.3 Å². The van der Waals surface area contributed by atoms with Crippen LogP contribution in [0.3, 0.4) is 0 Å². The van der Waals surface area contributed by atoms with Crippen LogP contribution in [0.15, 0.2) is 54.6 Å². The number of piperidine rings is 1. The van der Waals surface area contributed by atoms with Crippen LogP contribution in [-0.2, 0) is 4.79 Å². The number of likely N-dealkylation sites (tertiary alicyclic amines) is 1. The van der Waals surface area contributed by atoms with Crippen LogP contribution in [0.1, 0.15) is 33.6 Å². The first-order valence-corrected chi connectivity index (χ1v) is 9.28. The average Bonchev–Trinajstić information content (AvgIpc) is 2.94. The highest BCUT2D eigenvalue weighted by Crippen LogP contribution is 2.21. The SMILES string of the molecule is O=C(Nc1ccccc1)C1CC[NH+](CN2C(=O)c3ccccc3C2=O)CC1. The van der Waals surface area contributed by atoms with Crippen molar-refractivity contribution in [3.8, 4) is 0 Å². The third-order valence-electron chi connectivity index (χ3n) is 5.36. The molecule has 0 unspecified atom stereocenters. The van der Waals surface area contributed by atoms with E-state index in [1.54, 1.807) is 24.3 Å². The molecule has 2 N–H and O–H groups in total. The summed E-state index contributed by atoms with van der Waals surface area (Å²) in [5.74, 6) is -0.420. The molecule has 3 amide bonds. The van der Waals surface area contributed by atoms with Crippen molar-refractivity contribution in [1.82, 2.24) is 4.90 Å². The van der Waals surface area contributed by atoms with Crippen molar-refractivity contribution in [2.75, 3.05) is 25.1 Å². The van der Waals surface area contributed by atoms with E-state index in [-0.39, 0.29) is 23.6 Å². The number of benzene rings is 2. The predicted octanol–water partition coefficient (Wildman–Crippen LogP) is 1.17. The van der Waals surface area contributed by atoms with Gasteiger partial charge in [0.2, 0.25) is 5.91 Å². The minimum atomic E-state index is -0.216. The van der Waals surface area contributed by atoms with Crippen molar-refractivity contribution in [1.29, 1.82) is 0 Å². The lowest BCUT2D eigenvalue weighted by molar-refractivity contribution is -0.912. The molecule has 2 heterocycles. The molecule has 0 radical (unpaired) electrons. The molecule has 0 saturated carbocycles. The number of fused-ring (bicyclic) bond motifs is 1. The number of carbonyl (C=O) groups is 3. The van der Waals surface area contributed by atoms with Crippen LogP contribution in [0.2, 0.25) is 0 Å². The summed E-state index contributed by atoms with van der Waals surface area (Å²) in [6.07, 6.45) is 1.49. The number of nitrogens with zero attached hydrogens (tertiary/aromatic N) is 1. The van der Waals surface area contributed by atoms with Gasteiger partial charge in [-0.05, 0) is 24.3 Å². The Morgan fingerprint density at radius 2 is 1.48 bits per heavy atom. The molecule has 1 saturated heterocycles. The van der Waals surface area contributed by atoms with Crippen molar-refractivity contribution in [3.63, 3.8) is 0 Å². The number of amides is 3. The summed E-state index contributed by atoms with van der Waals surface area (Å²) >= 11 is 0. The lowest BCUT2D eigenvalue weighted by Gasteiger charge is -2.30. The first-order chi connectivity index (χ1) is 13.1. The standard InChI is InChI=1S/C21H21N3O3/c25-19(22-16-6-2-1-3-7-16)15-10-12-23(13-11-15)14-24-20(26)17-8-4-5-9-18(17)21(24)27/h1-9,15H,10-14H2,(H,22,25)/p+1. The summed E-state index contributed by atoms with van der Waals surface area (Å²) in [5, 5.41) is 2.96. The summed E-state index contributed by atoms with van der Waals surface area (Å²) in [6.45, 7) is 1.89. The van der Waals surface area contributed by atoms with E-state index in [4.69, 9.17) is 0 Å². The third kappa shape index (κ3) is 3.48. The van der Waals surface area contributed by atoms with Gasteiger partial charge in [0.15, 0.2) is 6.67 Å². The minimum absolute atomic E-state index is 0.0314. The van der Waals surface area contributed by atoms with Gasteiger partial charge in [0.25, 0.3) is 11.8 Å². The zero-order chi connectivity index (χ0) is 18.8. The largest absolute Gasteiger partial charge is 0.326 e. The Hall–Kier alpha value is -2.99. The van der Waals surface area contributed by atoms with E-state index in [0.717, 1.165) is 36.5 Å². The van der Waals surface area contributed by atoms with E-state index in [0.29, 0.717) is 17.8 Å². The van der Waals surface area contributed by atoms with Crippen LogP contribution in [0.5, 0.6) is 0 Å². The fourth-order valence-corrected chi connectivity index (χ4v) is 3.82. The topological polar surface area (TPSA) is 70.9 Å². The first-order valence-electron chi connectivity index (χ1n) is 9.28. The van der Waals surface area contributed by atoms with Gasteiger partial charge < -0.3 is 10.2 Å². The minimum Gasteiger partial charge on any atom is -0.326 e. The summed E-state index contributed by atoms with van der Waals surface area (Å²) < 4.78 is 0. The number of carbonyl (C=O) groups excluding carboxylic acids is 3. The molecule has 0 aliphatic carbocycles. The highest BCUT2D eigenvalue weighted by atomic mass is 16.2.